The molecule has 0 bridgehead atoms. The molecule has 0 radical (unpaired) electrons. The quantitative estimate of drug-likeness (QED) is 0.329. The van der Waals surface area contributed by atoms with Crippen LogP contribution in [0.2, 0.25) is 0 Å². The monoisotopic (exact) mass is 289 g/mol. The number of hydrogen-bond acceptors (Lipinski definition) is 7. The molecule has 1 rings (SSSR count). The summed E-state index contributed by atoms with van der Waals surface area (Å²) in [5, 5.41) is 0. The molecule has 19 heavy (non-hydrogen) atoms. The van der Waals surface area contributed by atoms with E-state index in [-0.39, 0.29) is 10.8 Å². The number of sulfonamides is 1. The molecule has 0 saturated carbocycles. The topological polar surface area (TPSA) is 119 Å². The molecular weight excluding hydrogens is 270 g/mol. The van der Waals surface area contributed by atoms with Gasteiger partial charge >= 0.3 is 0 Å². The number of hydrazine groups is 1. The van der Waals surface area contributed by atoms with E-state index in [1.807, 2.05) is 6.92 Å². The molecule has 0 amide bonds. The summed E-state index contributed by atoms with van der Waals surface area (Å²) in [5.74, 6) is 5.25. The number of hydrogen-bond donors (Lipinski definition) is 3. The minimum atomic E-state index is -3.58. The van der Waals surface area contributed by atoms with E-state index in [0.717, 1.165) is 6.42 Å². The van der Waals surface area contributed by atoms with Gasteiger partial charge in [-0.25, -0.2) is 29.0 Å². The maximum atomic E-state index is 11.8. The lowest BCUT2D eigenvalue weighted by Crippen LogP contribution is -2.26. The van der Waals surface area contributed by atoms with Crippen LogP contribution in [0.3, 0.4) is 0 Å². The third-order valence-corrected chi connectivity index (χ3v) is 3.59. The first kappa shape index (κ1) is 15.8. The lowest BCUT2D eigenvalue weighted by molar-refractivity contribution is 0.133. The molecule has 0 saturated heterocycles. The highest BCUT2D eigenvalue weighted by atomic mass is 32.2. The highest BCUT2D eigenvalue weighted by Gasteiger charge is 2.14. The third kappa shape index (κ3) is 5.47. The van der Waals surface area contributed by atoms with Crippen LogP contribution >= 0.6 is 0 Å². The molecule has 0 aliphatic heterocycles. The van der Waals surface area contributed by atoms with Crippen LogP contribution in [0.5, 0.6) is 0 Å². The van der Waals surface area contributed by atoms with Crippen molar-refractivity contribution < 1.29 is 13.2 Å². The number of anilines is 1. The number of nitrogens with one attached hydrogen (secondary N) is 2. The summed E-state index contributed by atoms with van der Waals surface area (Å²) >= 11 is 0. The van der Waals surface area contributed by atoms with Gasteiger partial charge in [0.2, 0.25) is 16.0 Å². The molecule has 0 atom stereocenters. The first-order valence-corrected chi connectivity index (χ1v) is 7.44. The molecular formula is C10H19N5O3S. The first-order chi connectivity index (χ1) is 9.10. The lowest BCUT2D eigenvalue weighted by Gasteiger charge is -2.07. The highest BCUT2D eigenvalue weighted by molar-refractivity contribution is 7.89. The maximum Gasteiger partial charge on any atom is 0.243 e. The Hall–Kier alpha value is -1.29. The molecule has 9 heteroatoms. The van der Waals surface area contributed by atoms with Gasteiger partial charge in [0.05, 0.1) is 12.4 Å². The first-order valence-electron chi connectivity index (χ1n) is 5.96. The summed E-state index contributed by atoms with van der Waals surface area (Å²) in [4.78, 5) is 7.48. The molecule has 0 aromatic carbocycles. The molecule has 0 fully saturated rings. The van der Waals surface area contributed by atoms with Crippen LogP contribution in [0.1, 0.15) is 19.8 Å². The van der Waals surface area contributed by atoms with Gasteiger partial charge in [-0.05, 0) is 12.8 Å². The van der Waals surface area contributed by atoms with Crippen LogP contribution in [0.15, 0.2) is 17.3 Å². The lowest BCUT2D eigenvalue weighted by atomic mass is 10.4. The standard InChI is InChI=1S/C10H19N5O3S/c1-2-5-18-6-3-4-14-19(16,17)9-7-12-10(15-11)13-8-9/h7-8,14H,2-6,11H2,1H3,(H,12,13,15). The van der Waals surface area contributed by atoms with Crippen molar-refractivity contribution in [1.29, 1.82) is 0 Å². The van der Waals surface area contributed by atoms with Crippen molar-refractivity contribution in [2.75, 3.05) is 25.2 Å². The Labute approximate surface area is 112 Å². The summed E-state index contributed by atoms with van der Waals surface area (Å²) in [6, 6.07) is 0. The van der Waals surface area contributed by atoms with Crippen molar-refractivity contribution in [3.63, 3.8) is 0 Å². The van der Waals surface area contributed by atoms with Crippen molar-refractivity contribution >= 4 is 16.0 Å². The van der Waals surface area contributed by atoms with Crippen LogP contribution in [-0.2, 0) is 14.8 Å². The SMILES string of the molecule is CCCOCCCNS(=O)(=O)c1cnc(NN)nc1. The minimum Gasteiger partial charge on any atom is -0.381 e. The number of nitrogen functional groups attached to an aromatic ring is 1. The van der Waals surface area contributed by atoms with E-state index in [0.29, 0.717) is 26.2 Å². The number of aromatic nitrogens is 2. The Morgan fingerprint density at radius 3 is 2.58 bits per heavy atom. The second kappa shape index (κ2) is 8.00. The van der Waals surface area contributed by atoms with Crippen molar-refractivity contribution in [3.05, 3.63) is 12.4 Å². The molecule has 4 N–H and O–H groups in total. The van der Waals surface area contributed by atoms with Crippen LogP contribution in [0.4, 0.5) is 5.95 Å². The van der Waals surface area contributed by atoms with Crippen LogP contribution < -0.4 is 16.0 Å². The van der Waals surface area contributed by atoms with Gasteiger partial charge in [0.1, 0.15) is 4.90 Å². The number of ether oxygens (including phenoxy) is 1. The predicted molar refractivity (Wildman–Crippen MR) is 70.8 cm³/mol. The summed E-state index contributed by atoms with van der Waals surface area (Å²) in [6.07, 6.45) is 3.95. The van der Waals surface area contributed by atoms with Crippen LogP contribution in [-0.4, -0.2) is 38.1 Å². The van der Waals surface area contributed by atoms with Gasteiger partial charge in [-0.15, -0.1) is 0 Å². The second-order valence-electron chi connectivity index (χ2n) is 3.75. The van der Waals surface area contributed by atoms with E-state index in [4.69, 9.17) is 10.6 Å². The second-order valence-corrected chi connectivity index (χ2v) is 5.52. The van der Waals surface area contributed by atoms with Gasteiger partial charge in [0, 0.05) is 19.8 Å². The third-order valence-electron chi connectivity index (χ3n) is 2.17. The number of rotatable bonds is 9. The molecule has 1 aromatic rings. The molecule has 108 valence electrons. The molecule has 8 nitrogen and oxygen atoms in total. The molecule has 1 aromatic heterocycles. The van der Waals surface area contributed by atoms with E-state index in [1.165, 1.54) is 12.4 Å². The van der Waals surface area contributed by atoms with Crippen LogP contribution in [0, 0.1) is 0 Å². The summed E-state index contributed by atoms with van der Waals surface area (Å²) < 4.78 is 31.4. The van der Waals surface area contributed by atoms with Gasteiger partial charge < -0.3 is 4.74 Å². The summed E-state index contributed by atoms with van der Waals surface area (Å²) in [5.41, 5.74) is 2.22. The number of nitrogens with two attached hydrogens (primary N) is 1. The molecule has 0 unspecified atom stereocenters. The van der Waals surface area contributed by atoms with Gasteiger partial charge in [0.25, 0.3) is 0 Å². The number of nitrogens with zero attached hydrogens (tertiary/aromatic N) is 2. The van der Waals surface area contributed by atoms with Crippen molar-refractivity contribution in [1.82, 2.24) is 14.7 Å². The molecule has 1 heterocycles. The van der Waals surface area contributed by atoms with Crippen LogP contribution in [0.25, 0.3) is 0 Å². The zero-order chi connectivity index (χ0) is 14.1. The Morgan fingerprint density at radius 2 is 2.00 bits per heavy atom. The Morgan fingerprint density at radius 1 is 1.32 bits per heavy atom. The predicted octanol–water partition coefficient (Wildman–Crippen LogP) is -0.143. The zero-order valence-electron chi connectivity index (χ0n) is 10.8. The fourth-order valence-corrected chi connectivity index (χ4v) is 2.20. The zero-order valence-corrected chi connectivity index (χ0v) is 11.6. The smallest absolute Gasteiger partial charge is 0.243 e. The molecule has 0 aliphatic carbocycles. The van der Waals surface area contributed by atoms with Gasteiger partial charge in [-0.2, -0.15) is 0 Å². The van der Waals surface area contributed by atoms with E-state index >= 15 is 0 Å². The maximum absolute atomic E-state index is 11.8. The van der Waals surface area contributed by atoms with Crippen molar-refractivity contribution in [2.24, 2.45) is 5.84 Å². The minimum absolute atomic E-state index is 0.000904. The van der Waals surface area contributed by atoms with Gasteiger partial charge in [-0.3, -0.25) is 5.43 Å². The van der Waals surface area contributed by atoms with Crippen molar-refractivity contribution in [2.45, 2.75) is 24.7 Å². The highest BCUT2D eigenvalue weighted by Crippen LogP contribution is 2.06. The normalized spacial score (nSPS) is 11.5. The molecule has 0 aliphatic rings. The van der Waals surface area contributed by atoms with E-state index in [2.05, 4.69) is 20.1 Å². The average Bonchev–Trinajstić information content (AvgIpc) is 2.43. The Kier molecular flexibility index (Phi) is 6.64. The van der Waals surface area contributed by atoms with Crippen molar-refractivity contribution in [3.8, 4) is 0 Å². The van der Waals surface area contributed by atoms with E-state index < -0.39 is 10.0 Å². The Balaban J connectivity index is 2.42. The largest absolute Gasteiger partial charge is 0.381 e. The van der Waals surface area contributed by atoms with Gasteiger partial charge in [-0.1, -0.05) is 6.92 Å². The van der Waals surface area contributed by atoms with Gasteiger partial charge in [0.15, 0.2) is 0 Å². The molecule has 0 spiro atoms. The summed E-state index contributed by atoms with van der Waals surface area (Å²) in [6.45, 7) is 3.54. The fraction of sp³-hybridized carbons (Fsp3) is 0.600. The summed E-state index contributed by atoms with van der Waals surface area (Å²) in [7, 11) is -3.58. The Bertz CT molecular complexity index is 463. The van der Waals surface area contributed by atoms with E-state index in [9.17, 15) is 8.42 Å². The van der Waals surface area contributed by atoms with E-state index in [1.54, 1.807) is 0 Å². The fourth-order valence-electron chi connectivity index (χ4n) is 1.24. The average molecular weight is 289 g/mol.